The van der Waals surface area contributed by atoms with E-state index in [9.17, 15) is 13.2 Å². The lowest BCUT2D eigenvalue weighted by Crippen LogP contribution is -2.30. The lowest BCUT2D eigenvalue weighted by molar-refractivity contribution is -0.203. The molecular weight excluding hydrogens is 245 g/mol. The molecule has 0 spiro atoms. The molecule has 16 heavy (non-hydrogen) atoms. The molecule has 88 valence electrons. The predicted molar refractivity (Wildman–Crippen MR) is 49.2 cm³/mol. The zero-order valence-corrected chi connectivity index (χ0v) is 8.88. The third kappa shape index (κ3) is 2.00. The minimum absolute atomic E-state index is 0.179. The molecule has 0 fully saturated rings. The number of fused-ring (bicyclic) bond motifs is 1. The second-order valence-corrected chi connectivity index (χ2v) is 4.24. The highest BCUT2D eigenvalue weighted by Gasteiger charge is 2.38. The van der Waals surface area contributed by atoms with Crippen LogP contribution in [0.15, 0.2) is 0 Å². The van der Waals surface area contributed by atoms with Crippen LogP contribution < -0.4 is 0 Å². The SMILES string of the molecule is Cc1nnc2sc(CC(O)C(F)(F)F)nn12. The highest BCUT2D eigenvalue weighted by Crippen LogP contribution is 2.24. The summed E-state index contributed by atoms with van der Waals surface area (Å²) in [6.45, 7) is 1.64. The molecule has 0 aliphatic carbocycles. The van der Waals surface area contributed by atoms with Crippen molar-refractivity contribution >= 4 is 16.3 Å². The molecule has 0 saturated carbocycles. The Morgan fingerprint density at radius 2 is 2.12 bits per heavy atom. The number of aromatic nitrogens is 4. The van der Waals surface area contributed by atoms with Crippen molar-refractivity contribution in [3.05, 3.63) is 10.8 Å². The van der Waals surface area contributed by atoms with Crippen molar-refractivity contribution in [1.82, 2.24) is 19.8 Å². The van der Waals surface area contributed by atoms with Gasteiger partial charge in [0.2, 0.25) is 4.96 Å². The molecular formula is C7H7F3N4OS. The summed E-state index contributed by atoms with van der Waals surface area (Å²) in [5, 5.41) is 20.3. The lowest BCUT2D eigenvalue weighted by Gasteiger charge is -2.11. The molecule has 0 aliphatic rings. The molecule has 0 aliphatic heterocycles. The van der Waals surface area contributed by atoms with E-state index in [1.807, 2.05) is 0 Å². The van der Waals surface area contributed by atoms with E-state index in [4.69, 9.17) is 5.11 Å². The third-order valence-electron chi connectivity index (χ3n) is 1.93. The molecule has 0 bridgehead atoms. The van der Waals surface area contributed by atoms with Gasteiger partial charge in [-0.25, -0.2) is 0 Å². The van der Waals surface area contributed by atoms with Crippen molar-refractivity contribution in [2.24, 2.45) is 0 Å². The molecule has 0 radical (unpaired) electrons. The van der Waals surface area contributed by atoms with E-state index in [0.29, 0.717) is 10.8 Å². The van der Waals surface area contributed by atoms with Crippen molar-refractivity contribution in [3.63, 3.8) is 0 Å². The number of aliphatic hydroxyl groups excluding tert-OH is 1. The molecule has 0 amide bonds. The number of hydrogen-bond donors (Lipinski definition) is 1. The zero-order valence-electron chi connectivity index (χ0n) is 8.06. The van der Waals surface area contributed by atoms with Gasteiger partial charge in [-0.2, -0.15) is 22.8 Å². The normalized spacial score (nSPS) is 14.6. The quantitative estimate of drug-likeness (QED) is 0.864. The Labute approximate surface area is 91.5 Å². The fraction of sp³-hybridized carbons (Fsp3) is 0.571. The largest absolute Gasteiger partial charge is 0.414 e. The summed E-state index contributed by atoms with van der Waals surface area (Å²) in [6.07, 6.45) is -7.57. The first-order valence-corrected chi connectivity index (χ1v) is 5.12. The van der Waals surface area contributed by atoms with Gasteiger partial charge in [0.15, 0.2) is 11.9 Å². The lowest BCUT2D eigenvalue weighted by atomic mass is 10.2. The first kappa shape index (κ1) is 11.3. The zero-order chi connectivity index (χ0) is 11.9. The average Bonchev–Trinajstić information content (AvgIpc) is 2.67. The van der Waals surface area contributed by atoms with Gasteiger partial charge in [0.25, 0.3) is 0 Å². The van der Waals surface area contributed by atoms with Crippen LogP contribution in [0, 0.1) is 6.92 Å². The van der Waals surface area contributed by atoms with Gasteiger partial charge < -0.3 is 5.11 Å². The van der Waals surface area contributed by atoms with Crippen molar-refractivity contribution in [2.75, 3.05) is 0 Å². The monoisotopic (exact) mass is 252 g/mol. The molecule has 1 N–H and O–H groups in total. The average molecular weight is 252 g/mol. The van der Waals surface area contributed by atoms with Gasteiger partial charge in [0.1, 0.15) is 5.01 Å². The fourth-order valence-electron chi connectivity index (χ4n) is 1.12. The Balaban J connectivity index is 2.22. The summed E-state index contributed by atoms with van der Waals surface area (Å²) in [5.41, 5.74) is 0. The van der Waals surface area contributed by atoms with Crippen molar-refractivity contribution in [3.8, 4) is 0 Å². The highest BCUT2D eigenvalue weighted by molar-refractivity contribution is 7.16. The standard InChI is InChI=1S/C7H7F3N4OS/c1-3-11-12-6-14(3)13-5(16-6)2-4(15)7(8,9)10/h4,15H,2H2,1H3. The van der Waals surface area contributed by atoms with E-state index in [1.54, 1.807) is 6.92 Å². The van der Waals surface area contributed by atoms with E-state index in [0.717, 1.165) is 11.3 Å². The van der Waals surface area contributed by atoms with Crippen LogP contribution in [0.5, 0.6) is 0 Å². The summed E-state index contributed by atoms with van der Waals surface area (Å²) >= 11 is 0.981. The molecule has 9 heteroatoms. The Morgan fingerprint density at radius 1 is 1.44 bits per heavy atom. The Morgan fingerprint density at radius 3 is 2.69 bits per heavy atom. The maximum absolute atomic E-state index is 12.1. The molecule has 0 saturated heterocycles. The summed E-state index contributed by atoms with van der Waals surface area (Å²) in [6, 6.07) is 0. The summed E-state index contributed by atoms with van der Waals surface area (Å²) in [7, 11) is 0. The van der Waals surface area contributed by atoms with Gasteiger partial charge in [0, 0.05) is 6.42 Å². The highest BCUT2D eigenvalue weighted by atomic mass is 32.1. The van der Waals surface area contributed by atoms with Gasteiger partial charge >= 0.3 is 6.18 Å². The number of halogens is 3. The van der Waals surface area contributed by atoms with Gasteiger partial charge in [-0.1, -0.05) is 11.3 Å². The smallest absolute Gasteiger partial charge is 0.383 e. The second kappa shape index (κ2) is 3.67. The molecule has 2 rings (SSSR count). The van der Waals surface area contributed by atoms with E-state index >= 15 is 0 Å². The maximum atomic E-state index is 12.1. The fourth-order valence-corrected chi connectivity index (χ4v) is 2.03. The minimum atomic E-state index is -4.62. The van der Waals surface area contributed by atoms with E-state index in [-0.39, 0.29) is 5.01 Å². The summed E-state index contributed by atoms with van der Waals surface area (Å²) in [4.78, 5) is 0.418. The van der Waals surface area contributed by atoms with E-state index < -0.39 is 18.7 Å². The predicted octanol–water partition coefficient (Wildman–Crippen LogP) is 0.960. The minimum Gasteiger partial charge on any atom is -0.383 e. The first-order valence-electron chi connectivity index (χ1n) is 4.30. The van der Waals surface area contributed by atoms with Crippen LogP contribution in [-0.2, 0) is 6.42 Å². The van der Waals surface area contributed by atoms with Crippen molar-refractivity contribution < 1.29 is 18.3 Å². The molecule has 2 aromatic rings. The van der Waals surface area contributed by atoms with Crippen LogP contribution in [0.1, 0.15) is 10.8 Å². The third-order valence-corrected chi connectivity index (χ3v) is 2.86. The van der Waals surface area contributed by atoms with Gasteiger partial charge in [-0.15, -0.1) is 10.2 Å². The Bertz CT molecular complexity index is 505. The number of hydrogen-bond acceptors (Lipinski definition) is 5. The van der Waals surface area contributed by atoms with Crippen LogP contribution in [0.4, 0.5) is 13.2 Å². The van der Waals surface area contributed by atoms with E-state index in [2.05, 4.69) is 15.3 Å². The van der Waals surface area contributed by atoms with Gasteiger partial charge in [-0.3, -0.25) is 0 Å². The second-order valence-electron chi connectivity index (χ2n) is 3.20. The molecule has 1 atom stereocenters. The van der Waals surface area contributed by atoms with Crippen LogP contribution in [-0.4, -0.2) is 37.2 Å². The van der Waals surface area contributed by atoms with Crippen LogP contribution in [0.3, 0.4) is 0 Å². The number of aryl methyl sites for hydroxylation is 1. The summed E-state index contributed by atoms with van der Waals surface area (Å²) < 4.78 is 37.6. The maximum Gasteiger partial charge on any atom is 0.414 e. The molecule has 5 nitrogen and oxygen atoms in total. The Hall–Kier alpha value is -1.22. The number of aliphatic hydroxyl groups is 1. The first-order chi connectivity index (χ1) is 7.38. The van der Waals surface area contributed by atoms with Gasteiger partial charge in [-0.05, 0) is 6.92 Å². The number of rotatable bonds is 2. The Kier molecular flexibility index (Phi) is 2.58. The van der Waals surface area contributed by atoms with Crippen molar-refractivity contribution in [2.45, 2.75) is 25.6 Å². The molecule has 2 aromatic heterocycles. The van der Waals surface area contributed by atoms with Crippen LogP contribution in [0.25, 0.3) is 4.96 Å². The van der Waals surface area contributed by atoms with Gasteiger partial charge in [0.05, 0.1) is 0 Å². The van der Waals surface area contributed by atoms with Crippen LogP contribution in [0.2, 0.25) is 0 Å². The topological polar surface area (TPSA) is 63.3 Å². The molecule has 2 heterocycles. The van der Waals surface area contributed by atoms with E-state index in [1.165, 1.54) is 4.52 Å². The van der Waals surface area contributed by atoms with Crippen molar-refractivity contribution in [1.29, 1.82) is 0 Å². The summed E-state index contributed by atoms with van der Waals surface area (Å²) in [5.74, 6) is 0.499. The number of alkyl halides is 3. The number of nitrogens with zero attached hydrogens (tertiary/aromatic N) is 4. The van der Waals surface area contributed by atoms with Crippen LogP contribution >= 0.6 is 11.3 Å². The molecule has 0 aromatic carbocycles. The molecule has 1 unspecified atom stereocenters.